The zero-order valence-electron chi connectivity index (χ0n) is 19.9. The number of rotatable bonds is 7. The van der Waals surface area contributed by atoms with Crippen molar-refractivity contribution in [3.63, 3.8) is 0 Å². The van der Waals surface area contributed by atoms with Crippen LogP contribution in [0.2, 0.25) is 0 Å². The Balaban J connectivity index is 1.40. The number of aromatic nitrogens is 6. The number of nitrogens with zero attached hydrogens (tertiary/aromatic N) is 4. The molecule has 5 aromatic heterocycles. The van der Waals surface area contributed by atoms with Gasteiger partial charge in [-0.15, -0.1) is 0 Å². The summed E-state index contributed by atoms with van der Waals surface area (Å²) in [7, 11) is 0. The summed E-state index contributed by atoms with van der Waals surface area (Å²) in [4.78, 5) is 17.4. The molecular weight excluding hydrogens is 446 g/mol. The van der Waals surface area contributed by atoms with Gasteiger partial charge in [0.2, 0.25) is 0 Å². The van der Waals surface area contributed by atoms with Crippen LogP contribution in [0.4, 0.5) is 5.69 Å². The minimum absolute atomic E-state index is 0.772. The average Bonchev–Trinajstić information content (AvgIpc) is 3.53. The highest BCUT2D eigenvalue weighted by Crippen LogP contribution is 2.33. The molecule has 0 spiro atoms. The summed E-state index contributed by atoms with van der Waals surface area (Å²) >= 11 is 0. The molecule has 3 N–H and O–H groups in total. The number of fused-ring (bicyclic) bond motifs is 2. The van der Waals surface area contributed by atoms with Crippen LogP contribution in [0.3, 0.4) is 0 Å². The third kappa shape index (κ3) is 4.01. The Bertz CT molecular complexity index is 1700. The van der Waals surface area contributed by atoms with E-state index in [4.69, 9.17) is 4.98 Å². The van der Waals surface area contributed by atoms with Gasteiger partial charge in [0.05, 0.1) is 34.5 Å². The van der Waals surface area contributed by atoms with Crippen molar-refractivity contribution in [3.05, 3.63) is 91.5 Å². The molecule has 0 aliphatic heterocycles. The number of hydrogen-bond acceptors (Lipinski definition) is 5. The standard InChI is InChI=1S/C29H25N7/c1-3-7-18(2)32-20-14-19(16-30-17-20)23-11-12-26-28(34-23)29(36-35-26)27-15-22-21(8-6-10-25(22)33-27)24-9-4-5-13-31-24/h4-6,8-17,32-33H,2-3,7H2,1H3,(H,35,36). The van der Waals surface area contributed by atoms with E-state index in [0.717, 1.165) is 80.1 Å². The highest BCUT2D eigenvalue weighted by atomic mass is 15.1. The third-order valence-corrected chi connectivity index (χ3v) is 6.17. The maximum Gasteiger partial charge on any atom is 0.135 e. The van der Waals surface area contributed by atoms with Crippen molar-refractivity contribution in [3.8, 4) is 33.9 Å². The minimum Gasteiger partial charge on any atom is -0.358 e. The molecule has 36 heavy (non-hydrogen) atoms. The Kier molecular flexibility index (Phi) is 5.50. The fourth-order valence-corrected chi connectivity index (χ4v) is 4.49. The fraction of sp³-hybridized carbons (Fsp3) is 0.103. The highest BCUT2D eigenvalue weighted by Gasteiger charge is 2.16. The number of aromatic amines is 2. The molecular formula is C29H25N7. The molecule has 0 bridgehead atoms. The Hall–Kier alpha value is -4.78. The van der Waals surface area contributed by atoms with Crippen LogP contribution in [0.25, 0.3) is 55.8 Å². The van der Waals surface area contributed by atoms with Crippen LogP contribution < -0.4 is 5.32 Å². The number of nitrogens with one attached hydrogen (secondary N) is 3. The Labute approximate surface area is 208 Å². The van der Waals surface area contributed by atoms with Gasteiger partial charge in [-0.3, -0.25) is 15.1 Å². The molecule has 1 aromatic carbocycles. The molecule has 6 rings (SSSR count). The monoisotopic (exact) mass is 471 g/mol. The van der Waals surface area contributed by atoms with E-state index in [9.17, 15) is 0 Å². The molecule has 0 radical (unpaired) electrons. The first-order valence-corrected chi connectivity index (χ1v) is 12.0. The van der Waals surface area contributed by atoms with E-state index in [2.05, 4.69) is 62.2 Å². The lowest BCUT2D eigenvalue weighted by Crippen LogP contribution is -1.98. The third-order valence-electron chi connectivity index (χ3n) is 6.17. The summed E-state index contributed by atoms with van der Waals surface area (Å²) < 4.78 is 0. The molecule has 0 aliphatic carbocycles. The van der Waals surface area contributed by atoms with Crippen LogP contribution in [0.15, 0.2) is 91.5 Å². The Morgan fingerprint density at radius 1 is 0.972 bits per heavy atom. The van der Waals surface area contributed by atoms with Crippen molar-refractivity contribution in [2.24, 2.45) is 0 Å². The smallest absolute Gasteiger partial charge is 0.135 e. The highest BCUT2D eigenvalue weighted by molar-refractivity contribution is 6.00. The van der Waals surface area contributed by atoms with E-state index >= 15 is 0 Å². The van der Waals surface area contributed by atoms with Crippen molar-refractivity contribution in [1.29, 1.82) is 0 Å². The quantitative estimate of drug-likeness (QED) is 0.234. The molecule has 0 saturated carbocycles. The molecule has 5 heterocycles. The van der Waals surface area contributed by atoms with E-state index in [1.54, 1.807) is 6.20 Å². The molecule has 0 atom stereocenters. The zero-order chi connectivity index (χ0) is 24.5. The van der Waals surface area contributed by atoms with E-state index < -0.39 is 0 Å². The summed E-state index contributed by atoms with van der Waals surface area (Å²) in [6.07, 6.45) is 7.39. The van der Waals surface area contributed by atoms with Crippen molar-refractivity contribution < 1.29 is 0 Å². The van der Waals surface area contributed by atoms with Gasteiger partial charge in [-0.1, -0.05) is 38.1 Å². The average molecular weight is 472 g/mol. The molecule has 0 amide bonds. The minimum atomic E-state index is 0.772. The Morgan fingerprint density at radius 2 is 1.92 bits per heavy atom. The predicted molar refractivity (Wildman–Crippen MR) is 145 cm³/mol. The van der Waals surface area contributed by atoms with Crippen LogP contribution in [-0.4, -0.2) is 30.1 Å². The van der Waals surface area contributed by atoms with Gasteiger partial charge in [0.25, 0.3) is 0 Å². The summed E-state index contributed by atoms with van der Waals surface area (Å²) in [6.45, 7) is 6.22. The predicted octanol–water partition coefficient (Wildman–Crippen LogP) is 6.96. The second-order valence-electron chi connectivity index (χ2n) is 8.77. The van der Waals surface area contributed by atoms with E-state index in [0.29, 0.717) is 0 Å². The summed E-state index contributed by atoms with van der Waals surface area (Å²) in [5.41, 5.74) is 9.99. The first-order chi connectivity index (χ1) is 17.7. The lowest BCUT2D eigenvalue weighted by molar-refractivity contribution is 0.913. The van der Waals surface area contributed by atoms with Crippen LogP contribution in [-0.2, 0) is 0 Å². The number of H-pyrrole nitrogens is 2. The van der Waals surface area contributed by atoms with Crippen molar-refractivity contribution in [2.45, 2.75) is 19.8 Å². The van der Waals surface area contributed by atoms with Crippen LogP contribution in [0.1, 0.15) is 19.8 Å². The first kappa shape index (κ1) is 21.7. The first-order valence-electron chi connectivity index (χ1n) is 12.0. The topological polar surface area (TPSA) is 95.2 Å². The van der Waals surface area contributed by atoms with Crippen LogP contribution in [0.5, 0.6) is 0 Å². The van der Waals surface area contributed by atoms with Gasteiger partial charge in [0.15, 0.2) is 0 Å². The molecule has 6 aromatic rings. The normalized spacial score (nSPS) is 11.2. The second kappa shape index (κ2) is 9.11. The molecule has 0 saturated heterocycles. The summed E-state index contributed by atoms with van der Waals surface area (Å²) in [5, 5.41) is 12.2. The Morgan fingerprint density at radius 3 is 2.78 bits per heavy atom. The van der Waals surface area contributed by atoms with Crippen LogP contribution >= 0.6 is 0 Å². The van der Waals surface area contributed by atoms with Gasteiger partial charge in [0, 0.05) is 40.1 Å². The van der Waals surface area contributed by atoms with Crippen molar-refractivity contribution in [2.75, 3.05) is 5.32 Å². The maximum atomic E-state index is 4.97. The molecule has 0 aliphatic rings. The van der Waals surface area contributed by atoms with Gasteiger partial charge in [-0.2, -0.15) is 5.10 Å². The summed E-state index contributed by atoms with van der Waals surface area (Å²) in [6, 6.07) is 20.3. The second-order valence-corrected chi connectivity index (χ2v) is 8.77. The summed E-state index contributed by atoms with van der Waals surface area (Å²) in [5.74, 6) is 0. The number of benzene rings is 1. The lowest BCUT2D eigenvalue weighted by Gasteiger charge is -2.09. The fourth-order valence-electron chi connectivity index (χ4n) is 4.49. The number of anilines is 1. The SMILES string of the molecule is C=C(CCC)Nc1cncc(-c2ccc3[nH]nc(-c4cc5c(-c6ccccn6)cccc5[nH]4)c3n2)c1. The van der Waals surface area contributed by atoms with E-state index in [1.807, 2.05) is 54.9 Å². The number of allylic oxidation sites excluding steroid dienone is 1. The van der Waals surface area contributed by atoms with E-state index in [-0.39, 0.29) is 0 Å². The van der Waals surface area contributed by atoms with Gasteiger partial charge in [0.1, 0.15) is 11.2 Å². The zero-order valence-corrected chi connectivity index (χ0v) is 19.9. The number of pyridine rings is 3. The number of hydrogen-bond donors (Lipinski definition) is 3. The van der Waals surface area contributed by atoms with Crippen molar-refractivity contribution in [1.82, 2.24) is 30.1 Å². The van der Waals surface area contributed by atoms with E-state index in [1.165, 1.54) is 0 Å². The van der Waals surface area contributed by atoms with Crippen molar-refractivity contribution >= 4 is 27.6 Å². The molecule has 176 valence electrons. The largest absolute Gasteiger partial charge is 0.358 e. The molecule has 0 fully saturated rings. The van der Waals surface area contributed by atoms with Crippen LogP contribution in [0, 0.1) is 0 Å². The van der Waals surface area contributed by atoms with Gasteiger partial charge in [-0.05, 0) is 48.9 Å². The maximum absolute atomic E-state index is 4.97. The lowest BCUT2D eigenvalue weighted by atomic mass is 10.1. The molecule has 0 unspecified atom stereocenters. The molecule has 7 heteroatoms. The van der Waals surface area contributed by atoms with Gasteiger partial charge in [-0.25, -0.2) is 4.98 Å². The van der Waals surface area contributed by atoms with Gasteiger partial charge < -0.3 is 10.3 Å². The molecule has 7 nitrogen and oxygen atoms in total. The van der Waals surface area contributed by atoms with Gasteiger partial charge >= 0.3 is 0 Å².